The summed E-state index contributed by atoms with van der Waals surface area (Å²) in [5.74, 6) is -0.482. The Morgan fingerprint density at radius 3 is 2.79 bits per heavy atom. The van der Waals surface area contributed by atoms with Crippen LogP contribution in [0.5, 0.6) is 0 Å². The van der Waals surface area contributed by atoms with Crippen molar-refractivity contribution in [2.24, 2.45) is 0 Å². The molecule has 1 saturated carbocycles. The van der Waals surface area contributed by atoms with E-state index >= 15 is 0 Å². The van der Waals surface area contributed by atoms with Crippen LogP contribution in [0.15, 0.2) is 22.7 Å². The molecule has 0 radical (unpaired) electrons. The van der Waals surface area contributed by atoms with E-state index in [-0.39, 0.29) is 5.69 Å². The number of sulfonamides is 1. The van der Waals surface area contributed by atoms with Crippen LogP contribution in [0, 0.1) is 5.82 Å². The van der Waals surface area contributed by atoms with Crippen LogP contribution >= 0.6 is 15.9 Å². The average molecular weight is 351 g/mol. The first-order valence-corrected chi connectivity index (χ1v) is 8.42. The van der Waals surface area contributed by atoms with Gasteiger partial charge in [-0.15, -0.1) is 0 Å². The van der Waals surface area contributed by atoms with Gasteiger partial charge in [-0.1, -0.05) is 0 Å². The van der Waals surface area contributed by atoms with Crippen LogP contribution in [0.4, 0.5) is 10.1 Å². The zero-order chi connectivity index (χ0) is 14.0. The van der Waals surface area contributed by atoms with Crippen molar-refractivity contribution in [1.82, 2.24) is 5.32 Å². The Balaban J connectivity index is 2.04. The lowest BCUT2D eigenvalue weighted by Crippen LogP contribution is -2.35. The Labute approximate surface area is 121 Å². The lowest BCUT2D eigenvalue weighted by molar-refractivity contribution is 0.576. The molecule has 0 heterocycles. The maximum Gasteiger partial charge on any atom is 0.236 e. The standard InChI is InChI=1S/C12H16BrFN2O2S/c1-8(7-15-10-3-4-10)19(17,18)16-12-6-9(14)2-5-11(12)13/h2,5-6,8,10,15-16H,3-4,7H2,1H3. The van der Waals surface area contributed by atoms with Gasteiger partial charge in [0.05, 0.1) is 10.9 Å². The Hall–Kier alpha value is -0.660. The second kappa shape index (κ2) is 5.76. The fourth-order valence-corrected chi connectivity index (χ4v) is 3.03. The maximum absolute atomic E-state index is 13.1. The summed E-state index contributed by atoms with van der Waals surface area (Å²) in [4.78, 5) is 0. The number of nitrogens with one attached hydrogen (secondary N) is 2. The Morgan fingerprint density at radius 2 is 2.16 bits per heavy atom. The Kier molecular flexibility index (Phi) is 4.47. The molecule has 2 N–H and O–H groups in total. The third-order valence-corrected chi connectivity index (χ3v) is 5.40. The van der Waals surface area contributed by atoms with Gasteiger partial charge in [-0.05, 0) is 53.9 Å². The van der Waals surface area contributed by atoms with E-state index in [1.807, 2.05) is 0 Å². The van der Waals surface area contributed by atoms with Crippen LogP contribution in [0.1, 0.15) is 19.8 Å². The first-order valence-electron chi connectivity index (χ1n) is 6.08. The third kappa shape index (κ3) is 4.15. The minimum atomic E-state index is -3.53. The molecule has 7 heteroatoms. The zero-order valence-corrected chi connectivity index (χ0v) is 12.9. The number of hydrogen-bond acceptors (Lipinski definition) is 3. The average Bonchev–Trinajstić information content (AvgIpc) is 3.14. The number of rotatable bonds is 6. The molecule has 4 nitrogen and oxygen atoms in total. The first-order chi connectivity index (χ1) is 8.88. The monoisotopic (exact) mass is 350 g/mol. The predicted molar refractivity (Wildman–Crippen MR) is 77.1 cm³/mol. The topological polar surface area (TPSA) is 58.2 Å². The summed E-state index contributed by atoms with van der Waals surface area (Å²) in [5, 5.41) is 2.59. The van der Waals surface area contributed by atoms with Crippen LogP contribution < -0.4 is 10.0 Å². The highest BCUT2D eigenvalue weighted by Gasteiger charge is 2.26. The predicted octanol–water partition coefficient (Wildman–Crippen LogP) is 2.47. The second-order valence-corrected chi connectivity index (χ2v) is 7.72. The van der Waals surface area contributed by atoms with Gasteiger partial charge >= 0.3 is 0 Å². The molecular weight excluding hydrogens is 335 g/mol. The SMILES string of the molecule is CC(CNC1CC1)S(=O)(=O)Nc1cc(F)ccc1Br. The summed E-state index contributed by atoms with van der Waals surface area (Å²) < 4.78 is 40.3. The van der Waals surface area contributed by atoms with Crippen molar-refractivity contribution in [2.75, 3.05) is 11.3 Å². The fraction of sp³-hybridized carbons (Fsp3) is 0.500. The van der Waals surface area contributed by atoms with Crippen LogP contribution in [-0.4, -0.2) is 26.3 Å². The van der Waals surface area contributed by atoms with E-state index in [4.69, 9.17) is 0 Å². The fourth-order valence-electron chi connectivity index (χ4n) is 1.56. The smallest absolute Gasteiger partial charge is 0.236 e. The van der Waals surface area contributed by atoms with E-state index in [1.165, 1.54) is 12.1 Å². The van der Waals surface area contributed by atoms with Gasteiger partial charge in [0.15, 0.2) is 0 Å². The highest BCUT2D eigenvalue weighted by molar-refractivity contribution is 9.10. The molecule has 19 heavy (non-hydrogen) atoms. The van der Waals surface area contributed by atoms with Crippen molar-refractivity contribution >= 4 is 31.6 Å². The van der Waals surface area contributed by atoms with E-state index in [1.54, 1.807) is 6.92 Å². The zero-order valence-electron chi connectivity index (χ0n) is 10.5. The van der Waals surface area contributed by atoms with Crippen molar-refractivity contribution in [3.05, 3.63) is 28.5 Å². The normalized spacial score (nSPS) is 17.2. The van der Waals surface area contributed by atoms with Gasteiger partial charge in [-0.25, -0.2) is 12.8 Å². The van der Waals surface area contributed by atoms with Crippen LogP contribution in [-0.2, 0) is 10.0 Å². The number of anilines is 1. The molecule has 1 aliphatic rings. The molecule has 1 aromatic carbocycles. The molecule has 2 rings (SSSR count). The van der Waals surface area contributed by atoms with Crippen molar-refractivity contribution in [2.45, 2.75) is 31.1 Å². The molecule has 0 bridgehead atoms. The largest absolute Gasteiger partial charge is 0.313 e. The molecule has 0 aliphatic heterocycles. The van der Waals surface area contributed by atoms with E-state index in [0.29, 0.717) is 17.1 Å². The van der Waals surface area contributed by atoms with Gasteiger partial charge in [0.25, 0.3) is 0 Å². The highest BCUT2D eigenvalue weighted by atomic mass is 79.9. The van der Waals surface area contributed by atoms with Gasteiger partial charge in [0.2, 0.25) is 10.0 Å². The first kappa shape index (κ1) is 14.7. The molecule has 0 amide bonds. The lowest BCUT2D eigenvalue weighted by atomic mass is 10.3. The van der Waals surface area contributed by atoms with Gasteiger partial charge < -0.3 is 5.32 Å². The maximum atomic E-state index is 13.1. The van der Waals surface area contributed by atoms with Crippen molar-refractivity contribution < 1.29 is 12.8 Å². The van der Waals surface area contributed by atoms with Gasteiger partial charge in [-0.3, -0.25) is 4.72 Å². The van der Waals surface area contributed by atoms with Gasteiger partial charge in [-0.2, -0.15) is 0 Å². The number of benzene rings is 1. The van der Waals surface area contributed by atoms with E-state index in [9.17, 15) is 12.8 Å². The molecule has 1 fully saturated rings. The summed E-state index contributed by atoms with van der Waals surface area (Å²) in [7, 11) is -3.53. The highest BCUT2D eigenvalue weighted by Crippen LogP contribution is 2.25. The van der Waals surface area contributed by atoms with Crippen molar-refractivity contribution in [3.8, 4) is 0 Å². The van der Waals surface area contributed by atoms with Crippen molar-refractivity contribution in [1.29, 1.82) is 0 Å². The molecule has 106 valence electrons. The molecule has 0 spiro atoms. The molecule has 1 aliphatic carbocycles. The molecule has 1 atom stereocenters. The van der Waals surface area contributed by atoms with Gasteiger partial charge in [0, 0.05) is 17.1 Å². The van der Waals surface area contributed by atoms with E-state index < -0.39 is 21.1 Å². The van der Waals surface area contributed by atoms with Crippen LogP contribution in [0.2, 0.25) is 0 Å². The summed E-state index contributed by atoms with van der Waals surface area (Å²) in [5.41, 5.74) is 0.221. The molecule has 1 unspecified atom stereocenters. The third-order valence-electron chi connectivity index (χ3n) is 2.98. The molecular formula is C12H16BrFN2O2S. The number of halogens is 2. The van der Waals surface area contributed by atoms with Gasteiger partial charge in [0.1, 0.15) is 5.82 Å². The van der Waals surface area contributed by atoms with Crippen molar-refractivity contribution in [3.63, 3.8) is 0 Å². The summed E-state index contributed by atoms with van der Waals surface area (Å²) in [6, 6.07) is 4.35. The summed E-state index contributed by atoms with van der Waals surface area (Å²) in [6.45, 7) is 2.03. The summed E-state index contributed by atoms with van der Waals surface area (Å²) >= 11 is 3.20. The van der Waals surface area contributed by atoms with E-state index in [2.05, 4.69) is 26.0 Å². The minimum absolute atomic E-state index is 0.221. The van der Waals surface area contributed by atoms with Crippen LogP contribution in [0.25, 0.3) is 0 Å². The quantitative estimate of drug-likeness (QED) is 0.828. The Morgan fingerprint density at radius 1 is 1.47 bits per heavy atom. The lowest BCUT2D eigenvalue weighted by Gasteiger charge is -2.16. The Bertz CT molecular complexity index is 561. The minimum Gasteiger partial charge on any atom is -0.313 e. The molecule has 0 aromatic heterocycles. The van der Waals surface area contributed by atoms with E-state index in [0.717, 1.165) is 18.9 Å². The number of hydrogen-bond donors (Lipinski definition) is 2. The van der Waals surface area contributed by atoms with Crippen LogP contribution in [0.3, 0.4) is 0 Å². The molecule has 1 aromatic rings. The second-order valence-electron chi connectivity index (χ2n) is 4.76. The summed E-state index contributed by atoms with van der Waals surface area (Å²) in [6.07, 6.45) is 2.21. The molecule has 0 saturated heterocycles.